The average Bonchev–Trinajstić information content (AvgIpc) is 3.14. The predicted octanol–water partition coefficient (Wildman–Crippen LogP) is 4.86. The molecule has 0 radical (unpaired) electrons. The number of pyridine rings is 1. The van der Waals surface area contributed by atoms with Gasteiger partial charge < -0.3 is 4.90 Å². The van der Waals surface area contributed by atoms with Gasteiger partial charge in [-0.2, -0.15) is 18.3 Å². The number of hydrogen-bond donors (Lipinski definition) is 0. The lowest BCUT2D eigenvalue weighted by molar-refractivity contribution is -0.137. The second-order valence-electron chi connectivity index (χ2n) is 7.61. The first-order chi connectivity index (χ1) is 14.7. The van der Waals surface area contributed by atoms with Crippen molar-refractivity contribution in [3.63, 3.8) is 0 Å². The molecule has 0 bridgehead atoms. The molecule has 0 fully saturated rings. The maximum absolute atomic E-state index is 12.8. The van der Waals surface area contributed by atoms with Crippen LogP contribution < -0.4 is 5.56 Å². The number of fused-ring (bicyclic) bond motifs is 1. The molecule has 2 heterocycles. The summed E-state index contributed by atoms with van der Waals surface area (Å²) < 4.78 is 41.7. The molecule has 0 spiro atoms. The first-order valence-corrected chi connectivity index (χ1v) is 9.73. The minimum atomic E-state index is -4.39. The van der Waals surface area contributed by atoms with Crippen molar-refractivity contribution >= 4 is 23.3 Å². The van der Waals surface area contributed by atoms with Gasteiger partial charge in [-0.05, 0) is 61.6 Å². The van der Waals surface area contributed by atoms with Gasteiger partial charge in [-0.15, -0.1) is 12.4 Å². The van der Waals surface area contributed by atoms with Crippen molar-refractivity contribution in [2.75, 3.05) is 20.6 Å². The van der Waals surface area contributed by atoms with E-state index >= 15 is 0 Å². The Balaban J connectivity index is 0.00000289. The molecule has 2 aromatic heterocycles. The summed E-state index contributed by atoms with van der Waals surface area (Å²) >= 11 is 0. The van der Waals surface area contributed by atoms with Crippen molar-refractivity contribution in [3.05, 3.63) is 82.9 Å². The van der Waals surface area contributed by atoms with Crippen molar-refractivity contribution in [2.45, 2.75) is 12.7 Å². The lowest BCUT2D eigenvalue weighted by atomic mass is 10.0. The Bertz CT molecular complexity index is 1280. The number of alkyl halides is 3. The third-order valence-electron chi connectivity index (χ3n) is 5.13. The summed E-state index contributed by atoms with van der Waals surface area (Å²) in [5.41, 5.74) is 1.81. The third kappa shape index (κ3) is 4.87. The van der Waals surface area contributed by atoms with Crippen LogP contribution in [0, 0.1) is 0 Å². The van der Waals surface area contributed by atoms with Crippen molar-refractivity contribution < 1.29 is 13.2 Å². The van der Waals surface area contributed by atoms with Gasteiger partial charge in [0, 0.05) is 29.9 Å². The van der Waals surface area contributed by atoms with Gasteiger partial charge in [0.15, 0.2) is 0 Å². The highest BCUT2D eigenvalue weighted by atomic mass is 35.5. The van der Waals surface area contributed by atoms with E-state index in [-0.39, 0.29) is 18.0 Å². The standard InChI is InChI=1S/C23H21F3N4O.ClH/c1-28(2)11-12-30-21-8-7-20(13-18(21)15-27-30)29-10-9-17(14-22(29)31)16-3-5-19(6-4-16)23(24,25)26;/h3-10,13-15H,11-12H2,1-2H3;1H. The van der Waals surface area contributed by atoms with Gasteiger partial charge in [0.05, 0.1) is 23.8 Å². The van der Waals surface area contributed by atoms with E-state index in [1.165, 1.54) is 22.8 Å². The SMILES string of the molecule is CN(C)CCn1ncc2cc(-n3ccc(-c4ccc(C(F)(F)F)cc4)cc3=O)ccc21.Cl. The monoisotopic (exact) mass is 462 g/mol. The second-order valence-corrected chi connectivity index (χ2v) is 7.61. The van der Waals surface area contributed by atoms with Gasteiger partial charge in [0.1, 0.15) is 0 Å². The fraction of sp³-hybridized carbons (Fsp3) is 0.217. The Hall–Kier alpha value is -3.10. The Morgan fingerprint density at radius 2 is 1.69 bits per heavy atom. The summed E-state index contributed by atoms with van der Waals surface area (Å²) in [4.78, 5) is 14.8. The van der Waals surface area contributed by atoms with Crippen LogP contribution in [0.1, 0.15) is 5.56 Å². The molecule has 0 atom stereocenters. The Morgan fingerprint density at radius 1 is 0.969 bits per heavy atom. The van der Waals surface area contributed by atoms with Gasteiger partial charge in [-0.1, -0.05) is 12.1 Å². The fourth-order valence-electron chi connectivity index (χ4n) is 3.42. The number of aromatic nitrogens is 3. The van der Waals surface area contributed by atoms with Gasteiger partial charge in [0.25, 0.3) is 5.56 Å². The van der Waals surface area contributed by atoms with Crippen LogP contribution in [0.3, 0.4) is 0 Å². The highest BCUT2D eigenvalue weighted by molar-refractivity contribution is 5.85. The molecule has 0 saturated carbocycles. The molecule has 168 valence electrons. The topological polar surface area (TPSA) is 43.1 Å². The summed E-state index contributed by atoms with van der Waals surface area (Å²) in [6.45, 7) is 1.63. The average molecular weight is 463 g/mol. The fourth-order valence-corrected chi connectivity index (χ4v) is 3.42. The highest BCUT2D eigenvalue weighted by Gasteiger charge is 2.29. The summed E-state index contributed by atoms with van der Waals surface area (Å²) in [5.74, 6) is 0. The summed E-state index contributed by atoms with van der Waals surface area (Å²) in [5, 5.41) is 5.35. The van der Waals surface area contributed by atoms with E-state index in [2.05, 4.69) is 10.00 Å². The highest BCUT2D eigenvalue weighted by Crippen LogP contribution is 2.30. The largest absolute Gasteiger partial charge is 0.416 e. The van der Waals surface area contributed by atoms with Gasteiger partial charge in [-0.25, -0.2) is 0 Å². The van der Waals surface area contributed by atoms with Crippen LogP contribution in [0.2, 0.25) is 0 Å². The van der Waals surface area contributed by atoms with E-state index in [0.29, 0.717) is 16.8 Å². The molecule has 32 heavy (non-hydrogen) atoms. The van der Waals surface area contributed by atoms with Gasteiger partial charge in [0.2, 0.25) is 0 Å². The Labute approximate surface area is 189 Å². The Morgan fingerprint density at radius 3 is 2.31 bits per heavy atom. The van der Waals surface area contributed by atoms with Crippen LogP contribution in [0.4, 0.5) is 13.2 Å². The number of benzene rings is 2. The lowest BCUT2D eigenvalue weighted by Crippen LogP contribution is -2.19. The first-order valence-electron chi connectivity index (χ1n) is 9.73. The van der Waals surface area contributed by atoms with E-state index in [0.717, 1.165) is 36.1 Å². The predicted molar refractivity (Wildman–Crippen MR) is 122 cm³/mol. The molecule has 0 amide bonds. The van der Waals surface area contributed by atoms with E-state index in [1.54, 1.807) is 18.5 Å². The minimum absolute atomic E-state index is 0. The number of nitrogens with zero attached hydrogens (tertiary/aromatic N) is 4. The van der Waals surface area contributed by atoms with Crippen molar-refractivity contribution in [3.8, 4) is 16.8 Å². The minimum Gasteiger partial charge on any atom is -0.308 e. The van der Waals surface area contributed by atoms with Crippen LogP contribution in [0.5, 0.6) is 0 Å². The van der Waals surface area contributed by atoms with E-state index in [4.69, 9.17) is 0 Å². The summed E-state index contributed by atoms with van der Waals surface area (Å²) in [7, 11) is 4.01. The Kier molecular flexibility index (Phi) is 6.76. The maximum Gasteiger partial charge on any atom is 0.416 e. The van der Waals surface area contributed by atoms with Crippen LogP contribution in [-0.4, -0.2) is 39.9 Å². The number of hydrogen-bond acceptors (Lipinski definition) is 3. The normalized spacial score (nSPS) is 11.7. The molecule has 0 aliphatic heterocycles. The molecule has 0 aliphatic rings. The zero-order valence-corrected chi connectivity index (χ0v) is 18.3. The number of rotatable bonds is 5. The van der Waals surface area contributed by atoms with Crippen LogP contribution in [-0.2, 0) is 12.7 Å². The van der Waals surface area contributed by atoms with E-state index < -0.39 is 11.7 Å². The zero-order chi connectivity index (χ0) is 22.2. The molecule has 0 aliphatic carbocycles. The van der Waals surface area contributed by atoms with Gasteiger partial charge >= 0.3 is 6.18 Å². The molecule has 4 aromatic rings. The summed E-state index contributed by atoms with van der Waals surface area (Å²) in [6, 6.07) is 13.6. The van der Waals surface area contributed by atoms with Crippen LogP contribution in [0.25, 0.3) is 27.7 Å². The van der Waals surface area contributed by atoms with Gasteiger partial charge in [-0.3, -0.25) is 14.0 Å². The number of halogens is 4. The molecule has 2 aromatic carbocycles. The third-order valence-corrected chi connectivity index (χ3v) is 5.13. The maximum atomic E-state index is 12.8. The van der Waals surface area contributed by atoms with Crippen LogP contribution >= 0.6 is 12.4 Å². The van der Waals surface area contributed by atoms with Crippen molar-refractivity contribution in [2.24, 2.45) is 0 Å². The number of likely N-dealkylation sites (N-methyl/N-ethyl adjacent to an activating group) is 1. The smallest absolute Gasteiger partial charge is 0.308 e. The van der Waals surface area contributed by atoms with E-state index in [9.17, 15) is 18.0 Å². The molecule has 5 nitrogen and oxygen atoms in total. The molecule has 0 unspecified atom stereocenters. The molecular formula is C23H22ClF3N4O. The molecule has 0 saturated heterocycles. The first kappa shape index (κ1) is 23.6. The van der Waals surface area contributed by atoms with E-state index in [1.807, 2.05) is 37.0 Å². The lowest BCUT2D eigenvalue weighted by Gasteiger charge is -2.11. The summed E-state index contributed by atoms with van der Waals surface area (Å²) in [6.07, 6.45) is -0.982. The van der Waals surface area contributed by atoms with Crippen LogP contribution in [0.15, 0.2) is 71.8 Å². The molecule has 0 N–H and O–H groups in total. The zero-order valence-electron chi connectivity index (χ0n) is 17.5. The molecular weight excluding hydrogens is 441 g/mol. The second kappa shape index (κ2) is 9.18. The molecule has 9 heteroatoms. The van der Waals surface area contributed by atoms with Crippen molar-refractivity contribution in [1.29, 1.82) is 0 Å². The quantitative estimate of drug-likeness (QED) is 0.425. The molecule has 4 rings (SSSR count). The van der Waals surface area contributed by atoms with Crippen molar-refractivity contribution in [1.82, 2.24) is 19.2 Å².